The largest absolute Gasteiger partial charge is 0.355 e. The summed E-state index contributed by atoms with van der Waals surface area (Å²) in [6, 6.07) is 5.83. The molecular formula is C16H20N4O. The summed E-state index contributed by atoms with van der Waals surface area (Å²) >= 11 is 0. The summed E-state index contributed by atoms with van der Waals surface area (Å²) in [6.45, 7) is 2.80. The monoisotopic (exact) mass is 284 g/mol. The van der Waals surface area contributed by atoms with Gasteiger partial charge >= 0.3 is 0 Å². The maximum absolute atomic E-state index is 12.4. The topological polar surface area (TPSA) is 70.7 Å². The van der Waals surface area contributed by atoms with Crippen molar-refractivity contribution in [2.75, 3.05) is 6.54 Å². The Bertz CT molecular complexity index is 608. The number of H-pyrrole nitrogens is 1. The summed E-state index contributed by atoms with van der Waals surface area (Å²) in [5.74, 6) is 0.500. The van der Waals surface area contributed by atoms with E-state index in [0.717, 1.165) is 30.7 Å². The number of aromatic amines is 1. The van der Waals surface area contributed by atoms with Crippen LogP contribution in [0.15, 0.2) is 30.6 Å². The Morgan fingerprint density at radius 2 is 2.38 bits per heavy atom. The fraction of sp³-hybridized carbons (Fsp3) is 0.438. The van der Waals surface area contributed by atoms with Gasteiger partial charge in [0.2, 0.25) is 5.91 Å². The van der Waals surface area contributed by atoms with Crippen LogP contribution in [0.4, 0.5) is 0 Å². The number of pyridine rings is 1. The summed E-state index contributed by atoms with van der Waals surface area (Å²) in [6.07, 6.45) is 6.26. The molecule has 0 spiro atoms. The van der Waals surface area contributed by atoms with Crippen molar-refractivity contribution in [2.24, 2.45) is 5.92 Å². The normalized spacial score (nSPS) is 20.8. The Kier molecular flexibility index (Phi) is 3.99. The molecule has 0 aromatic carbocycles. The number of aromatic nitrogens is 3. The number of nitrogens with zero attached hydrogens (tertiary/aromatic N) is 2. The lowest BCUT2D eigenvalue weighted by atomic mass is 9.81. The van der Waals surface area contributed by atoms with Gasteiger partial charge in [-0.3, -0.25) is 14.9 Å². The molecule has 1 aliphatic carbocycles. The molecule has 21 heavy (non-hydrogen) atoms. The number of carbonyl (C=O) groups is 1. The molecule has 2 aromatic heterocycles. The first kappa shape index (κ1) is 13.8. The maximum atomic E-state index is 12.4. The van der Waals surface area contributed by atoms with Crippen molar-refractivity contribution in [2.45, 2.75) is 32.1 Å². The van der Waals surface area contributed by atoms with Crippen molar-refractivity contribution in [1.29, 1.82) is 0 Å². The van der Waals surface area contributed by atoms with E-state index in [-0.39, 0.29) is 11.8 Å². The molecule has 5 heteroatoms. The van der Waals surface area contributed by atoms with Crippen molar-refractivity contribution < 1.29 is 4.79 Å². The molecule has 0 fully saturated rings. The zero-order valence-electron chi connectivity index (χ0n) is 12.2. The highest BCUT2D eigenvalue weighted by Gasteiger charge is 2.31. The summed E-state index contributed by atoms with van der Waals surface area (Å²) in [5, 5.41) is 10.1. The Hall–Kier alpha value is -2.17. The van der Waals surface area contributed by atoms with Gasteiger partial charge in [0.25, 0.3) is 0 Å². The second-order valence-corrected chi connectivity index (χ2v) is 5.77. The lowest BCUT2D eigenvalue weighted by Gasteiger charge is -2.25. The van der Waals surface area contributed by atoms with Crippen LogP contribution >= 0.6 is 0 Å². The highest BCUT2D eigenvalue weighted by atomic mass is 16.1. The smallest absolute Gasteiger partial charge is 0.229 e. The zero-order valence-corrected chi connectivity index (χ0v) is 12.2. The molecule has 110 valence electrons. The van der Waals surface area contributed by atoms with Crippen LogP contribution in [0.1, 0.15) is 36.2 Å². The SMILES string of the molecule is CC1Cc2cn[nH]c2C(C(=O)NCCc2ccccn2)C1. The molecule has 1 amide bonds. The van der Waals surface area contributed by atoms with E-state index in [1.54, 1.807) is 6.20 Å². The summed E-state index contributed by atoms with van der Waals surface area (Å²) < 4.78 is 0. The molecule has 2 unspecified atom stereocenters. The first-order valence-corrected chi connectivity index (χ1v) is 7.44. The average molecular weight is 284 g/mol. The molecule has 2 heterocycles. The zero-order chi connectivity index (χ0) is 14.7. The molecule has 2 aromatic rings. The number of hydrogen-bond donors (Lipinski definition) is 2. The van der Waals surface area contributed by atoms with Crippen molar-refractivity contribution >= 4 is 5.91 Å². The van der Waals surface area contributed by atoms with E-state index in [1.165, 1.54) is 5.56 Å². The molecule has 0 saturated carbocycles. The van der Waals surface area contributed by atoms with Crippen LogP contribution in [0.5, 0.6) is 0 Å². The van der Waals surface area contributed by atoms with E-state index in [2.05, 4.69) is 27.4 Å². The third-order valence-electron chi connectivity index (χ3n) is 4.03. The predicted octanol–water partition coefficient (Wildman–Crippen LogP) is 1.83. The minimum Gasteiger partial charge on any atom is -0.355 e. The standard InChI is InChI=1S/C16H20N4O/c1-11-8-12-10-19-20-15(12)14(9-11)16(21)18-7-5-13-4-2-3-6-17-13/h2-4,6,10-11,14H,5,7-9H2,1H3,(H,18,21)(H,19,20). The first-order chi connectivity index (χ1) is 10.2. The van der Waals surface area contributed by atoms with Gasteiger partial charge in [-0.15, -0.1) is 0 Å². The van der Waals surface area contributed by atoms with Gasteiger partial charge in [-0.25, -0.2) is 0 Å². The van der Waals surface area contributed by atoms with Crippen LogP contribution in [-0.2, 0) is 17.6 Å². The number of amides is 1. The maximum Gasteiger partial charge on any atom is 0.229 e. The Balaban J connectivity index is 1.59. The van der Waals surface area contributed by atoms with Crippen molar-refractivity contribution in [3.8, 4) is 0 Å². The van der Waals surface area contributed by atoms with Crippen LogP contribution < -0.4 is 5.32 Å². The van der Waals surface area contributed by atoms with Crippen molar-refractivity contribution in [3.05, 3.63) is 47.5 Å². The Morgan fingerprint density at radius 1 is 1.48 bits per heavy atom. The highest BCUT2D eigenvalue weighted by molar-refractivity contribution is 5.83. The number of carbonyl (C=O) groups excluding carboxylic acids is 1. The second kappa shape index (κ2) is 6.08. The average Bonchev–Trinajstić information content (AvgIpc) is 2.95. The fourth-order valence-corrected chi connectivity index (χ4v) is 2.99. The molecule has 0 bridgehead atoms. The Labute approximate surface area is 124 Å². The number of rotatable bonds is 4. The van der Waals surface area contributed by atoms with Crippen LogP contribution in [0, 0.1) is 5.92 Å². The third kappa shape index (κ3) is 3.12. The molecule has 0 saturated heterocycles. The van der Waals surface area contributed by atoms with Crippen LogP contribution in [-0.4, -0.2) is 27.6 Å². The molecule has 1 aliphatic rings. The van der Waals surface area contributed by atoms with Gasteiger partial charge in [0, 0.05) is 24.9 Å². The van der Waals surface area contributed by atoms with Gasteiger partial charge in [-0.05, 0) is 36.5 Å². The number of nitrogens with one attached hydrogen (secondary N) is 2. The van der Waals surface area contributed by atoms with Gasteiger partial charge in [-0.1, -0.05) is 13.0 Å². The van der Waals surface area contributed by atoms with Gasteiger partial charge < -0.3 is 5.32 Å². The molecule has 3 rings (SSSR count). The van der Waals surface area contributed by atoms with Crippen LogP contribution in [0.2, 0.25) is 0 Å². The van der Waals surface area contributed by atoms with E-state index in [1.807, 2.05) is 24.4 Å². The van der Waals surface area contributed by atoms with Crippen LogP contribution in [0.3, 0.4) is 0 Å². The minimum absolute atomic E-state index is 0.0861. The third-order valence-corrected chi connectivity index (χ3v) is 4.03. The van der Waals surface area contributed by atoms with E-state index < -0.39 is 0 Å². The van der Waals surface area contributed by atoms with E-state index in [4.69, 9.17) is 0 Å². The van der Waals surface area contributed by atoms with Gasteiger partial charge in [0.05, 0.1) is 17.8 Å². The van der Waals surface area contributed by atoms with Crippen LogP contribution in [0.25, 0.3) is 0 Å². The predicted molar refractivity (Wildman–Crippen MR) is 79.8 cm³/mol. The van der Waals surface area contributed by atoms with Gasteiger partial charge in [0.1, 0.15) is 0 Å². The second-order valence-electron chi connectivity index (χ2n) is 5.77. The lowest BCUT2D eigenvalue weighted by molar-refractivity contribution is -0.123. The summed E-state index contributed by atoms with van der Waals surface area (Å²) in [7, 11) is 0. The molecule has 0 radical (unpaired) electrons. The quantitative estimate of drug-likeness (QED) is 0.900. The lowest BCUT2D eigenvalue weighted by Crippen LogP contribution is -2.34. The molecule has 2 atom stereocenters. The Morgan fingerprint density at radius 3 is 3.19 bits per heavy atom. The van der Waals surface area contributed by atoms with Gasteiger partial charge in [0.15, 0.2) is 0 Å². The molecule has 0 aliphatic heterocycles. The minimum atomic E-state index is -0.102. The molecule has 2 N–H and O–H groups in total. The van der Waals surface area contributed by atoms with Gasteiger partial charge in [-0.2, -0.15) is 5.10 Å². The van der Waals surface area contributed by atoms with E-state index in [0.29, 0.717) is 12.5 Å². The first-order valence-electron chi connectivity index (χ1n) is 7.44. The summed E-state index contributed by atoms with van der Waals surface area (Å²) in [5.41, 5.74) is 3.17. The molecular weight excluding hydrogens is 264 g/mol. The highest BCUT2D eigenvalue weighted by Crippen LogP contribution is 2.33. The fourth-order valence-electron chi connectivity index (χ4n) is 2.99. The number of hydrogen-bond acceptors (Lipinski definition) is 3. The number of fused-ring (bicyclic) bond motifs is 1. The van der Waals surface area contributed by atoms with Crippen molar-refractivity contribution in [3.63, 3.8) is 0 Å². The van der Waals surface area contributed by atoms with E-state index in [9.17, 15) is 4.79 Å². The van der Waals surface area contributed by atoms with E-state index >= 15 is 0 Å². The van der Waals surface area contributed by atoms with Crippen molar-refractivity contribution in [1.82, 2.24) is 20.5 Å². The molecule has 5 nitrogen and oxygen atoms in total. The summed E-state index contributed by atoms with van der Waals surface area (Å²) in [4.78, 5) is 16.7.